The summed E-state index contributed by atoms with van der Waals surface area (Å²) in [6.45, 7) is 0. The molecule has 0 saturated heterocycles. The molecule has 0 aromatic carbocycles. The first-order valence-electron chi connectivity index (χ1n) is 0.894. The molecule has 7 heteroatoms. The fourth-order valence-corrected chi connectivity index (χ4v) is 0. The van der Waals surface area contributed by atoms with Crippen LogP contribution in [-0.2, 0) is 17.1 Å². The van der Waals surface area contributed by atoms with E-state index in [1.807, 2.05) is 0 Å². The Bertz CT molecular complexity index is 27.2. The second-order valence-electron chi connectivity index (χ2n) is 0.600. The predicted octanol–water partition coefficient (Wildman–Crippen LogP) is -3.26. The van der Waals surface area contributed by atoms with Gasteiger partial charge in [0.05, 0.1) is 0 Å². The molecule has 0 aromatic rings. The molecule has 0 rings (SSSR count). The molecule has 0 saturated carbocycles. The van der Waals surface area contributed by atoms with E-state index in [0.717, 1.165) is 0 Å². The summed E-state index contributed by atoms with van der Waals surface area (Å²) >= 11 is 0. The molecule has 7 heavy (non-hydrogen) atoms. The Labute approximate surface area is 94.9 Å². The largest absolute Gasteiger partial charge is 0 e. The third-order valence-corrected chi connectivity index (χ3v) is 0. The van der Waals surface area contributed by atoms with Crippen LogP contribution < -0.4 is 0 Å². The molecule has 0 heterocycles. The fourth-order valence-electron chi connectivity index (χ4n) is 0. The van der Waals surface area contributed by atoms with Crippen molar-refractivity contribution in [3.8, 4) is 0 Å². The number of rotatable bonds is 0. The topological polar surface area (TPSA) is 80.9 Å². The molecule has 0 aliphatic carbocycles. The van der Waals surface area contributed by atoms with E-state index in [1.165, 1.54) is 0 Å². The Morgan fingerprint density at radius 1 is 0.857 bits per heavy atom. The van der Waals surface area contributed by atoms with Gasteiger partial charge in [0.2, 0.25) is 0 Å². The normalized spacial score (nSPS) is 8.57. The van der Waals surface area contributed by atoms with Gasteiger partial charge in [-0.05, 0) is 0 Å². The van der Waals surface area contributed by atoms with E-state index >= 15 is 0 Å². The summed E-state index contributed by atoms with van der Waals surface area (Å²) in [6.07, 6.45) is 0. The van der Waals surface area contributed by atoms with E-state index in [1.54, 1.807) is 0 Å². The van der Waals surface area contributed by atoms with Gasteiger partial charge in [0.15, 0.2) is 0 Å². The van der Waals surface area contributed by atoms with E-state index in [4.69, 9.17) is 19.2 Å². The third kappa shape index (κ3) is 64.7. The first-order valence-corrected chi connectivity index (χ1v) is 2.68. The second kappa shape index (κ2) is 6.33. The van der Waals surface area contributed by atoms with Gasteiger partial charge in [0.25, 0.3) is 0 Å². The predicted molar refractivity (Wildman–Crippen MR) is 21.8 cm³/mol. The smallest absolute Gasteiger partial charge is 0 e. The van der Waals surface area contributed by atoms with Gasteiger partial charge in [-0.25, -0.2) is 0 Å². The number of hydrogen-bond donors (Lipinski definition) is 4. The Morgan fingerprint density at radius 2 is 0.857 bits per heavy atom. The van der Waals surface area contributed by atoms with Gasteiger partial charge in [0, 0.05) is 17.1 Å². The molecule has 4 N–H and O–H groups in total. The van der Waals surface area contributed by atoms with Crippen LogP contribution in [0.4, 0.5) is 0 Å². The van der Waals surface area contributed by atoms with Gasteiger partial charge in [-0.1, -0.05) is 0 Å². The quantitative estimate of drug-likeness (QED) is 0.303. The molecule has 0 unspecified atom stereocenters. The van der Waals surface area contributed by atoms with Gasteiger partial charge < -0.3 is 19.2 Å². The van der Waals surface area contributed by atoms with Crippen LogP contribution >= 0.6 is 0 Å². The minimum Gasteiger partial charge on any atom is 0 e. The van der Waals surface area contributed by atoms with Crippen molar-refractivity contribution in [2.75, 3.05) is 0 Å². The van der Waals surface area contributed by atoms with Crippen molar-refractivity contribution in [3.05, 3.63) is 0 Å². The summed E-state index contributed by atoms with van der Waals surface area (Å²) in [5, 5.41) is 0. The van der Waals surface area contributed by atoms with E-state index in [2.05, 4.69) is 0 Å². The van der Waals surface area contributed by atoms with Crippen LogP contribution in [0, 0.1) is 0 Å². The molecule has 41 valence electrons. The molecule has 0 fully saturated rings. The molecule has 0 bridgehead atoms. The Kier molecular flexibility index (Phi) is 14.6. The molecular weight excluding hydrogens is 186 g/mol. The second-order valence-corrected chi connectivity index (χ2v) is 1.80. The van der Waals surface area contributed by atoms with E-state index < -0.39 is 9.05 Å². The van der Waals surface area contributed by atoms with Crippen LogP contribution in [0.15, 0.2) is 0 Å². The van der Waals surface area contributed by atoms with Gasteiger partial charge >= 0.3 is 60.4 Å². The van der Waals surface area contributed by atoms with Crippen LogP contribution in [0.2, 0.25) is 0 Å². The van der Waals surface area contributed by atoms with Crippen molar-refractivity contribution < 1.29 is 36.3 Å². The standard InChI is InChI=1S/K.Mn.H4O4Si.H/c;;1-5(2,3)4;/h;;1-4H;. The van der Waals surface area contributed by atoms with Crippen molar-refractivity contribution in [2.24, 2.45) is 0 Å². The maximum absolute atomic E-state index is 7.33. The van der Waals surface area contributed by atoms with Crippen molar-refractivity contribution in [2.45, 2.75) is 0 Å². The first kappa shape index (κ1) is 16.1. The zero-order valence-corrected chi connectivity index (χ0v) is 4.85. The minimum absolute atomic E-state index is 0. The summed E-state index contributed by atoms with van der Waals surface area (Å²) in [5.74, 6) is 0. The van der Waals surface area contributed by atoms with Gasteiger partial charge in [-0.15, -0.1) is 0 Å². The van der Waals surface area contributed by atoms with Crippen molar-refractivity contribution >= 4 is 60.4 Å². The van der Waals surface area contributed by atoms with Crippen LogP contribution in [0.5, 0.6) is 0 Å². The SMILES string of the molecule is O[Si](O)(O)O.[KH].[Mn]. The molecule has 0 aliphatic heterocycles. The van der Waals surface area contributed by atoms with Gasteiger partial charge in [-0.3, -0.25) is 0 Å². The maximum atomic E-state index is 7.33. The van der Waals surface area contributed by atoms with Crippen molar-refractivity contribution in [1.82, 2.24) is 0 Å². The zero-order valence-electron chi connectivity index (χ0n) is 2.67. The van der Waals surface area contributed by atoms with Gasteiger partial charge in [-0.2, -0.15) is 0 Å². The van der Waals surface area contributed by atoms with Crippen molar-refractivity contribution in [3.63, 3.8) is 0 Å². The monoisotopic (exact) mass is 191 g/mol. The first-order chi connectivity index (χ1) is 2.00. The van der Waals surface area contributed by atoms with Crippen LogP contribution in [-0.4, -0.2) is 79.6 Å². The summed E-state index contributed by atoms with van der Waals surface area (Å²) in [6, 6.07) is 0. The summed E-state index contributed by atoms with van der Waals surface area (Å²) in [4.78, 5) is 29.3. The van der Waals surface area contributed by atoms with Crippen LogP contribution in [0.25, 0.3) is 0 Å². The van der Waals surface area contributed by atoms with E-state index in [-0.39, 0.29) is 68.5 Å². The molecule has 0 spiro atoms. The molecule has 1 radical (unpaired) electrons. The zero-order chi connectivity index (χ0) is 4.50. The Balaban J connectivity index is -0.0000000800. The van der Waals surface area contributed by atoms with E-state index in [9.17, 15) is 0 Å². The number of hydrogen-bond acceptors (Lipinski definition) is 4. The summed E-state index contributed by atoms with van der Waals surface area (Å²) in [5.41, 5.74) is 0. The maximum Gasteiger partial charge on any atom is 0 e. The van der Waals surface area contributed by atoms with Crippen molar-refractivity contribution in [1.29, 1.82) is 0 Å². The van der Waals surface area contributed by atoms with Gasteiger partial charge in [0.1, 0.15) is 0 Å². The molecular formula is H5KMnO4Si. The Hall–Kier alpha value is 2.21. The fraction of sp³-hybridized carbons (Fsp3) is 0. The molecule has 0 amide bonds. The van der Waals surface area contributed by atoms with Crippen LogP contribution in [0.1, 0.15) is 0 Å². The molecule has 4 nitrogen and oxygen atoms in total. The summed E-state index contributed by atoms with van der Waals surface area (Å²) in [7, 11) is -4.61. The third-order valence-electron chi connectivity index (χ3n) is 0. The molecule has 0 aliphatic rings. The molecule has 0 aromatic heterocycles. The average molecular weight is 191 g/mol. The average Bonchev–Trinajstić information content (AvgIpc) is 0.722. The minimum atomic E-state index is -4.61. The Morgan fingerprint density at radius 3 is 0.857 bits per heavy atom. The van der Waals surface area contributed by atoms with Crippen LogP contribution in [0.3, 0.4) is 0 Å². The van der Waals surface area contributed by atoms with E-state index in [0.29, 0.717) is 0 Å². The summed E-state index contributed by atoms with van der Waals surface area (Å²) < 4.78 is 0. The molecule has 0 atom stereocenters.